The van der Waals surface area contributed by atoms with Crippen molar-refractivity contribution in [2.75, 3.05) is 37.5 Å². The maximum absolute atomic E-state index is 13.2. The molecule has 6 rings (SSSR count). The molecular weight excluding hydrogens is 809 g/mol. The molecule has 18 nitrogen and oxygen atoms in total. The predicted molar refractivity (Wildman–Crippen MR) is 215 cm³/mol. The van der Waals surface area contributed by atoms with E-state index in [1.165, 1.54) is 36.2 Å². The van der Waals surface area contributed by atoms with Crippen LogP contribution in [0.25, 0.3) is 5.65 Å². The smallest absolute Gasteiger partial charge is 0.323 e. The van der Waals surface area contributed by atoms with Crippen molar-refractivity contribution in [3.8, 4) is 11.6 Å². The molecule has 0 spiro atoms. The number of nitrogens with one attached hydrogen (secondary N) is 4. The highest BCUT2D eigenvalue weighted by Gasteiger charge is 2.46. The number of halogens is 2. The van der Waals surface area contributed by atoms with E-state index in [0.29, 0.717) is 36.5 Å². The summed E-state index contributed by atoms with van der Waals surface area (Å²) in [5.74, 6) is -2.00. The Bertz CT molecular complexity index is 2250. The molecule has 59 heavy (non-hydrogen) atoms. The lowest BCUT2D eigenvalue weighted by molar-refractivity contribution is -0.136. The first kappa shape index (κ1) is 42.7. The van der Waals surface area contributed by atoms with E-state index >= 15 is 0 Å². The first-order valence-corrected chi connectivity index (χ1v) is 19.9. The van der Waals surface area contributed by atoms with Gasteiger partial charge in [0, 0.05) is 32.2 Å². The molecule has 4 aromatic rings. The van der Waals surface area contributed by atoms with Gasteiger partial charge in [-0.15, -0.1) is 0 Å². The summed E-state index contributed by atoms with van der Waals surface area (Å²) in [6.07, 6.45) is 7.87. The van der Waals surface area contributed by atoms with Crippen molar-refractivity contribution in [1.29, 1.82) is 0 Å². The van der Waals surface area contributed by atoms with E-state index in [1.54, 1.807) is 25.1 Å². The number of hydrogen-bond donors (Lipinski definition) is 4. The number of ether oxygens (including phenoxy) is 3. The molecule has 1 aromatic carbocycles. The molecule has 0 bridgehead atoms. The Hall–Kier alpha value is -5.85. The molecule has 0 saturated carbocycles. The second-order valence-electron chi connectivity index (χ2n) is 13.8. The van der Waals surface area contributed by atoms with Crippen LogP contribution in [0.4, 0.5) is 16.2 Å². The first-order valence-electron chi connectivity index (χ1n) is 19.1. The SMILES string of the molecule is CO[C@@H](C)c1c(NC(=O)Nc2cc(Cl)cnc2OCCNC(=O)CCCCCCCCOc2cccc3c2C(=O)N(C2CCC(=O)NC2=O)C3=O)cnc2cc(Cl)nn12. The number of pyridine rings is 1. The van der Waals surface area contributed by atoms with Gasteiger partial charge in [-0.3, -0.25) is 34.2 Å². The molecule has 2 atom stereocenters. The van der Waals surface area contributed by atoms with Gasteiger partial charge in [0.1, 0.15) is 24.1 Å². The zero-order valence-corrected chi connectivity index (χ0v) is 33.9. The zero-order chi connectivity index (χ0) is 42.1. The van der Waals surface area contributed by atoms with Crippen molar-refractivity contribution in [2.24, 2.45) is 0 Å². The van der Waals surface area contributed by atoms with Gasteiger partial charge in [0.15, 0.2) is 10.8 Å². The largest absolute Gasteiger partial charge is 0.493 e. The number of imide groups is 2. The van der Waals surface area contributed by atoms with E-state index in [-0.39, 0.29) is 70.5 Å². The van der Waals surface area contributed by atoms with Gasteiger partial charge >= 0.3 is 6.03 Å². The van der Waals surface area contributed by atoms with E-state index in [9.17, 15) is 28.8 Å². The van der Waals surface area contributed by atoms with E-state index < -0.39 is 41.8 Å². The van der Waals surface area contributed by atoms with E-state index in [4.69, 9.17) is 37.4 Å². The van der Waals surface area contributed by atoms with Gasteiger partial charge in [-0.05, 0) is 44.4 Å². The number of methoxy groups -OCH3 is 1. The van der Waals surface area contributed by atoms with Gasteiger partial charge in [-0.2, -0.15) is 5.10 Å². The van der Waals surface area contributed by atoms with Crippen molar-refractivity contribution in [3.63, 3.8) is 0 Å². The lowest BCUT2D eigenvalue weighted by atomic mass is 10.0. The normalized spacial score (nSPS) is 15.5. The number of anilines is 2. The standard InChI is InChI=1S/C39H43Cl2N9O9/c1-22(57-2)34-26(21-43-30-19-29(41)48-50(30)34)46-39(56)45-25-18-23(40)20-44-36(25)59-17-15-42-31(51)12-7-5-3-4-6-8-16-58-28-11-9-10-24-33(28)38(55)49(37(24)54)27-13-14-32(52)47-35(27)53/h9-11,18-22,27H,3-8,12-17H2,1-2H3,(H,42,51)(H2,45,46,56)(H,47,52,53)/t22-,27?/m0/s1. The van der Waals surface area contributed by atoms with Crippen LogP contribution in [0.3, 0.4) is 0 Å². The van der Waals surface area contributed by atoms with Crippen molar-refractivity contribution >= 4 is 75.8 Å². The number of benzene rings is 1. The van der Waals surface area contributed by atoms with Crippen LogP contribution in [0, 0.1) is 0 Å². The number of carbonyl (C=O) groups excluding carboxylic acids is 6. The number of nitrogens with zero attached hydrogens (tertiary/aromatic N) is 5. The zero-order valence-electron chi connectivity index (χ0n) is 32.3. The Labute approximate surface area is 348 Å². The summed E-state index contributed by atoms with van der Waals surface area (Å²) < 4.78 is 18.6. The molecular formula is C39H43Cl2N9O9. The van der Waals surface area contributed by atoms with E-state index in [0.717, 1.165) is 37.0 Å². The highest BCUT2D eigenvalue weighted by atomic mass is 35.5. The highest BCUT2D eigenvalue weighted by molar-refractivity contribution is 6.31. The fourth-order valence-corrected chi connectivity index (χ4v) is 7.07. The molecule has 20 heteroatoms. The number of urea groups is 1. The minimum atomic E-state index is -1.04. The van der Waals surface area contributed by atoms with Crippen LogP contribution >= 0.6 is 23.2 Å². The summed E-state index contributed by atoms with van der Waals surface area (Å²) in [4.78, 5) is 85.1. The van der Waals surface area contributed by atoms with Crippen molar-refractivity contribution in [3.05, 3.63) is 69.7 Å². The van der Waals surface area contributed by atoms with Gasteiger partial charge in [0.25, 0.3) is 11.8 Å². The minimum Gasteiger partial charge on any atom is -0.493 e. The molecule has 3 aromatic heterocycles. The Kier molecular flexibility index (Phi) is 14.3. The highest BCUT2D eigenvalue weighted by Crippen LogP contribution is 2.34. The number of aromatic nitrogens is 4. The van der Waals surface area contributed by atoms with Gasteiger partial charge in [0.05, 0.1) is 53.0 Å². The number of hydrogen-bond acceptors (Lipinski definition) is 12. The number of unbranched alkanes of at least 4 members (excludes halogenated alkanes) is 5. The third-order valence-electron chi connectivity index (χ3n) is 9.69. The monoisotopic (exact) mass is 851 g/mol. The van der Waals surface area contributed by atoms with Gasteiger partial charge in [-0.25, -0.2) is 19.3 Å². The fourth-order valence-electron chi connectivity index (χ4n) is 6.74. The summed E-state index contributed by atoms with van der Waals surface area (Å²) in [6.45, 7) is 2.43. The van der Waals surface area contributed by atoms with Crippen molar-refractivity contribution in [2.45, 2.75) is 76.9 Å². The van der Waals surface area contributed by atoms with Crippen LogP contribution in [0.2, 0.25) is 10.2 Å². The fraction of sp³-hybridized carbons (Fsp3) is 0.410. The van der Waals surface area contributed by atoms with Gasteiger partial charge in [-0.1, -0.05) is 55.0 Å². The minimum absolute atomic E-state index is 0.0465. The average Bonchev–Trinajstić information content (AvgIpc) is 3.71. The maximum Gasteiger partial charge on any atom is 0.323 e. The molecule has 1 unspecified atom stereocenters. The van der Waals surface area contributed by atoms with Crippen molar-refractivity contribution in [1.82, 2.24) is 35.1 Å². The average molecular weight is 853 g/mol. The van der Waals surface area contributed by atoms with Crippen LogP contribution in [0.15, 0.2) is 42.7 Å². The molecule has 7 amide bonds. The molecule has 1 fully saturated rings. The van der Waals surface area contributed by atoms with Gasteiger partial charge < -0.3 is 30.2 Å². The first-order chi connectivity index (χ1) is 28.4. The van der Waals surface area contributed by atoms with Crippen molar-refractivity contribution < 1.29 is 43.0 Å². The third kappa shape index (κ3) is 10.4. The van der Waals surface area contributed by atoms with Crippen LogP contribution in [-0.4, -0.2) is 93.0 Å². The molecule has 2 aliphatic rings. The summed E-state index contributed by atoms with van der Waals surface area (Å²) >= 11 is 12.2. The molecule has 1 saturated heterocycles. The van der Waals surface area contributed by atoms with E-state index in [1.807, 2.05) is 0 Å². The Morgan fingerprint density at radius 3 is 2.47 bits per heavy atom. The Morgan fingerprint density at radius 1 is 0.932 bits per heavy atom. The predicted octanol–water partition coefficient (Wildman–Crippen LogP) is 5.49. The summed E-state index contributed by atoms with van der Waals surface area (Å²) in [5, 5.41) is 15.2. The molecule has 0 radical (unpaired) electrons. The number of rotatable bonds is 19. The summed E-state index contributed by atoms with van der Waals surface area (Å²) in [7, 11) is 1.53. The second-order valence-corrected chi connectivity index (χ2v) is 14.6. The molecule has 0 aliphatic carbocycles. The lowest BCUT2D eigenvalue weighted by Crippen LogP contribution is -2.54. The number of piperidine rings is 1. The Morgan fingerprint density at radius 2 is 1.69 bits per heavy atom. The van der Waals surface area contributed by atoms with Crippen LogP contribution < -0.4 is 30.7 Å². The summed E-state index contributed by atoms with van der Waals surface area (Å²) in [5.41, 5.74) is 1.86. The van der Waals surface area contributed by atoms with E-state index in [2.05, 4.69) is 36.3 Å². The number of amides is 7. The van der Waals surface area contributed by atoms with Gasteiger partial charge in [0.2, 0.25) is 23.6 Å². The lowest BCUT2D eigenvalue weighted by Gasteiger charge is -2.27. The number of fused-ring (bicyclic) bond motifs is 2. The quantitative estimate of drug-likeness (QED) is 0.0679. The van der Waals surface area contributed by atoms with Crippen LogP contribution in [-0.2, 0) is 19.1 Å². The Balaban J connectivity index is 0.858. The third-order valence-corrected chi connectivity index (χ3v) is 10.1. The second kappa shape index (κ2) is 19.7. The number of carbonyl (C=O) groups is 6. The molecule has 312 valence electrons. The summed E-state index contributed by atoms with van der Waals surface area (Å²) in [6, 6.07) is 6.19. The molecule has 4 N–H and O–H groups in total. The topological polar surface area (TPSA) is 225 Å². The van der Waals surface area contributed by atoms with Crippen LogP contribution in [0.1, 0.15) is 97.2 Å². The maximum atomic E-state index is 13.2. The molecule has 2 aliphatic heterocycles. The molecule has 5 heterocycles. The van der Waals surface area contributed by atoms with Crippen LogP contribution in [0.5, 0.6) is 11.6 Å².